The molecule has 1 aromatic rings. The number of rotatable bonds is 6. The fourth-order valence-corrected chi connectivity index (χ4v) is 2.04. The summed E-state index contributed by atoms with van der Waals surface area (Å²) in [5, 5.41) is 9.80. The molecule has 0 saturated heterocycles. The molecule has 0 aromatic heterocycles. The van der Waals surface area contributed by atoms with Crippen molar-refractivity contribution >= 4 is 0 Å². The van der Waals surface area contributed by atoms with E-state index in [2.05, 4.69) is 12.1 Å². The highest BCUT2D eigenvalue weighted by Gasteiger charge is 2.28. The first kappa shape index (κ1) is 12.4. The van der Waals surface area contributed by atoms with Crippen LogP contribution >= 0.6 is 0 Å². The van der Waals surface area contributed by atoms with Crippen LogP contribution in [0.25, 0.3) is 0 Å². The molecule has 1 aromatic carbocycles. The van der Waals surface area contributed by atoms with Crippen molar-refractivity contribution in [3.63, 3.8) is 0 Å². The van der Waals surface area contributed by atoms with E-state index in [9.17, 15) is 5.11 Å². The number of hydrogen-bond acceptors (Lipinski definition) is 2. The van der Waals surface area contributed by atoms with Crippen molar-refractivity contribution in [1.29, 1.82) is 0 Å². The van der Waals surface area contributed by atoms with Crippen LogP contribution in [-0.4, -0.2) is 17.3 Å². The molecule has 1 N–H and O–H groups in total. The van der Waals surface area contributed by atoms with Gasteiger partial charge in [0.15, 0.2) is 0 Å². The Morgan fingerprint density at radius 2 is 1.88 bits per heavy atom. The minimum absolute atomic E-state index is 0.0957. The Morgan fingerprint density at radius 1 is 1.24 bits per heavy atom. The molecule has 0 amide bonds. The monoisotopic (exact) mass is 234 g/mol. The second-order valence-electron chi connectivity index (χ2n) is 5.25. The maximum atomic E-state index is 9.80. The van der Waals surface area contributed by atoms with Gasteiger partial charge in [-0.05, 0) is 63.1 Å². The summed E-state index contributed by atoms with van der Waals surface area (Å²) in [6.45, 7) is 4.06. The maximum absolute atomic E-state index is 9.80. The lowest BCUT2D eigenvalue weighted by atomic mass is 10.0. The van der Waals surface area contributed by atoms with Crippen molar-refractivity contribution < 1.29 is 9.84 Å². The van der Waals surface area contributed by atoms with Gasteiger partial charge in [-0.1, -0.05) is 12.1 Å². The van der Waals surface area contributed by atoms with Gasteiger partial charge in [-0.2, -0.15) is 0 Å². The molecule has 2 heteroatoms. The van der Waals surface area contributed by atoms with Crippen molar-refractivity contribution in [1.82, 2.24) is 0 Å². The van der Waals surface area contributed by atoms with E-state index in [-0.39, 0.29) is 12.2 Å². The van der Waals surface area contributed by atoms with Gasteiger partial charge >= 0.3 is 0 Å². The van der Waals surface area contributed by atoms with Crippen LogP contribution in [-0.2, 0) is 6.42 Å². The molecule has 0 heterocycles. The summed E-state index contributed by atoms with van der Waals surface area (Å²) >= 11 is 0. The fraction of sp³-hybridized carbons (Fsp3) is 0.600. The number of aliphatic hydroxyl groups excluding tert-OH is 1. The second-order valence-corrected chi connectivity index (χ2v) is 5.25. The third kappa shape index (κ3) is 4.04. The first-order chi connectivity index (χ1) is 8.15. The number of aryl methyl sites for hydroxylation is 1. The van der Waals surface area contributed by atoms with Gasteiger partial charge in [0, 0.05) is 0 Å². The summed E-state index contributed by atoms with van der Waals surface area (Å²) < 4.78 is 5.59. The van der Waals surface area contributed by atoms with Gasteiger partial charge in [0.2, 0.25) is 0 Å². The lowest BCUT2D eigenvalue weighted by Gasteiger charge is -2.11. The van der Waals surface area contributed by atoms with Gasteiger partial charge in [0.25, 0.3) is 0 Å². The molecule has 1 saturated carbocycles. The number of benzene rings is 1. The molecule has 1 unspecified atom stereocenters. The topological polar surface area (TPSA) is 29.5 Å². The highest BCUT2D eigenvalue weighted by molar-refractivity contribution is 5.27. The molecule has 94 valence electrons. The Morgan fingerprint density at radius 3 is 2.41 bits per heavy atom. The Bertz CT molecular complexity index is 338. The Labute approximate surface area is 104 Å². The molecule has 1 aliphatic carbocycles. The van der Waals surface area contributed by atoms with Gasteiger partial charge in [0.1, 0.15) is 5.75 Å². The zero-order valence-corrected chi connectivity index (χ0v) is 10.7. The molecule has 17 heavy (non-hydrogen) atoms. The van der Waals surface area contributed by atoms with Crippen molar-refractivity contribution in [2.24, 2.45) is 5.92 Å². The summed E-state index contributed by atoms with van der Waals surface area (Å²) in [5.74, 6) is 1.50. The Hall–Kier alpha value is -1.02. The standard InChI is InChI=1S/C15H22O2/c1-11(2)17-14-8-3-12(4-9-14)5-10-15(16)13-6-7-13/h3-4,8-9,11,13,15-16H,5-7,10H2,1-2H3. The summed E-state index contributed by atoms with van der Waals surface area (Å²) in [7, 11) is 0. The van der Waals surface area contributed by atoms with E-state index in [1.807, 2.05) is 26.0 Å². The number of hydrogen-bond donors (Lipinski definition) is 1. The summed E-state index contributed by atoms with van der Waals surface area (Å²) in [4.78, 5) is 0. The zero-order valence-electron chi connectivity index (χ0n) is 10.7. The van der Waals surface area contributed by atoms with Crippen LogP contribution in [0.3, 0.4) is 0 Å². The van der Waals surface area contributed by atoms with Crippen molar-refractivity contribution in [2.75, 3.05) is 0 Å². The minimum atomic E-state index is -0.0957. The summed E-state index contributed by atoms with van der Waals surface area (Å²) in [5.41, 5.74) is 1.28. The largest absolute Gasteiger partial charge is 0.491 e. The average molecular weight is 234 g/mol. The normalized spacial score (nSPS) is 17.2. The van der Waals surface area contributed by atoms with Crippen LogP contribution in [0.2, 0.25) is 0 Å². The van der Waals surface area contributed by atoms with Gasteiger partial charge in [0.05, 0.1) is 12.2 Å². The summed E-state index contributed by atoms with van der Waals surface area (Å²) in [6, 6.07) is 8.21. The minimum Gasteiger partial charge on any atom is -0.491 e. The quantitative estimate of drug-likeness (QED) is 0.819. The molecule has 0 spiro atoms. The molecular formula is C15H22O2. The molecule has 0 aliphatic heterocycles. The van der Waals surface area contributed by atoms with E-state index >= 15 is 0 Å². The highest BCUT2D eigenvalue weighted by Crippen LogP contribution is 2.34. The van der Waals surface area contributed by atoms with Crippen molar-refractivity contribution in [2.45, 2.75) is 51.7 Å². The molecule has 1 atom stereocenters. The van der Waals surface area contributed by atoms with Crippen LogP contribution in [0.5, 0.6) is 5.75 Å². The van der Waals surface area contributed by atoms with E-state index in [4.69, 9.17) is 4.74 Å². The number of ether oxygens (including phenoxy) is 1. The molecule has 2 nitrogen and oxygen atoms in total. The van der Waals surface area contributed by atoms with Gasteiger partial charge in [-0.3, -0.25) is 0 Å². The van der Waals surface area contributed by atoms with Crippen molar-refractivity contribution in [3.05, 3.63) is 29.8 Å². The predicted molar refractivity (Wildman–Crippen MR) is 69.3 cm³/mol. The lowest BCUT2D eigenvalue weighted by Crippen LogP contribution is -2.10. The van der Waals surface area contributed by atoms with E-state index in [0.717, 1.165) is 18.6 Å². The molecule has 1 fully saturated rings. The van der Waals surface area contributed by atoms with E-state index in [1.165, 1.54) is 18.4 Å². The van der Waals surface area contributed by atoms with Crippen LogP contribution in [0.1, 0.15) is 38.7 Å². The van der Waals surface area contributed by atoms with Gasteiger partial charge < -0.3 is 9.84 Å². The summed E-state index contributed by atoms with van der Waals surface area (Å²) in [6.07, 6.45) is 4.39. The van der Waals surface area contributed by atoms with Gasteiger partial charge in [-0.25, -0.2) is 0 Å². The lowest BCUT2D eigenvalue weighted by molar-refractivity contribution is 0.142. The molecule has 2 rings (SSSR count). The van der Waals surface area contributed by atoms with E-state index in [1.54, 1.807) is 0 Å². The third-order valence-electron chi connectivity index (χ3n) is 3.19. The third-order valence-corrected chi connectivity index (χ3v) is 3.19. The Kier molecular flexibility index (Phi) is 4.06. The first-order valence-corrected chi connectivity index (χ1v) is 6.59. The molecule has 0 bridgehead atoms. The number of aliphatic hydroxyl groups is 1. The fourth-order valence-electron chi connectivity index (χ4n) is 2.04. The van der Waals surface area contributed by atoms with E-state index < -0.39 is 0 Å². The average Bonchev–Trinajstić information content (AvgIpc) is 3.11. The highest BCUT2D eigenvalue weighted by atomic mass is 16.5. The first-order valence-electron chi connectivity index (χ1n) is 6.59. The SMILES string of the molecule is CC(C)Oc1ccc(CCC(O)C2CC2)cc1. The van der Waals surface area contributed by atoms with Crippen LogP contribution < -0.4 is 4.74 Å². The molecule has 0 radical (unpaired) electrons. The van der Waals surface area contributed by atoms with Crippen LogP contribution in [0.15, 0.2) is 24.3 Å². The van der Waals surface area contributed by atoms with Crippen LogP contribution in [0, 0.1) is 5.92 Å². The predicted octanol–water partition coefficient (Wildman–Crippen LogP) is 3.18. The van der Waals surface area contributed by atoms with Crippen LogP contribution in [0.4, 0.5) is 0 Å². The zero-order chi connectivity index (χ0) is 12.3. The smallest absolute Gasteiger partial charge is 0.119 e. The Balaban J connectivity index is 1.80. The van der Waals surface area contributed by atoms with E-state index in [0.29, 0.717) is 5.92 Å². The maximum Gasteiger partial charge on any atom is 0.119 e. The molecular weight excluding hydrogens is 212 g/mol. The van der Waals surface area contributed by atoms with Crippen molar-refractivity contribution in [3.8, 4) is 5.75 Å². The second kappa shape index (κ2) is 5.54. The van der Waals surface area contributed by atoms with Gasteiger partial charge in [-0.15, -0.1) is 0 Å². The molecule has 1 aliphatic rings.